The average Bonchev–Trinajstić information content (AvgIpc) is 2.42. The molecule has 1 atom stereocenters. The van der Waals surface area contributed by atoms with E-state index in [1.807, 2.05) is 0 Å². The maximum absolute atomic E-state index is 10.5. The monoisotopic (exact) mass is 285 g/mol. The first-order valence-corrected chi connectivity index (χ1v) is 7.25. The molecule has 0 saturated carbocycles. The van der Waals surface area contributed by atoms with Gasteiger partial charge in [-0.15, -0.1) is 11.8 Å². The largest absolute Gasteiger partial charge is 0.390 e. The van der Waals surface area contributed by atoms with Crippen molar-refractivity contribution in [3.63, 3.8) is 0 Å². The lowest BCUT2D eigenvalue weighted by Crippen LogP contribution is -2.18. The molecule has 0 aliphatic heterocycles. The zero-order valence-corrected chi connectivity index (χ0v) is 11.8. The predicted octanol–water partition coefficient (Wildman–Crippen LogP) is 2.86. The Hall–Kier alpha value is -1.11. The number of non-ortho nitro benzene ring substituents is 1. The van der Waals surface area contributed by atoms with E-state index in [9.17, 15) is 15.2 Å². The molecule has 0 aliphatic carbocycles. The second kappa shape index (κ2) is 8.90. The number of rotatable bonds is 9. The summed E-state index contributed by atoms with van der Waals surface area (Å²) in [6.45, 7) is 3.10. The van der Waals surface area contributed by atoms with E-state index in [-0.39, 0.29) is 5.69 Å². The lowest BCUT2D eigenvalue weighted by atomic mass is 10.3. The lowest BCUT2D eigenvalue weighted by Gasteiger charge is -2.10. The van der Waals surface area contributed by atoms with Crippen molar-refractivity contribution in [3.05, 3.63) is 34.4 Å². The summed E-state index contributed by atoms with van der Waals surface area (Å²) in [5.41, 5.74) is 0.0767. The van der Waals surface area contributed by atoms with Crippen molar-refractivity contribution in [2.45, 2.75) is 30.8 Å². The number of benzene rings is 1. The molecule has 5 nitrogen and oxygen atoms in total. The molecule has 1 aromatic carbocycles. The van der Waals surface area contributed by atoms with Gasteiger partial charge in [-0.25, -0.2) is 0 Å². The zero-order chi connectivity index (χ0) is 14.1. The number of nitro benzene ring substituents is 1. The van der Waals surface area contributed by atoms with Gasteiger partial charge in [0.2, 0.25) is 0 Å². The van der Waals surface area contributed by atoms with Crippen molar-refractivity contribution in [1.29, 1.82) is 0 Å². The maximum atomic E-state index is 10.5. The highest BCUT2D eigenvalue weighted by Crippen LogP contribution is 2.21. The van der Waals surface area contributed by atoms with Crippen molar-refractivity contribution in [3.8, 4) is 0 Å². The summed E-state index contributed by atoms with van der Waals surface area (Å²) >= 11 is 1.46. The SMILES string of the molecule is CCCCOCC(O)CSc1ccc([N+](=O)[O-])cc1. The van der Waals surface area contributed by atoms with Crippen LogP contribution >= 0.6 is 11.8 Å². The molecule has 1 unspecified atom stereocenters. The summed E-state index contributed by atoms with van der Waals surface area (Å²) in [4.78, 5) is 11.0. The highest BCUT2D eigenvalue weighted by atomic mass is 32.2. The molecule has 0 amide bonds. The minimum atomic E-state index is -0.517. The third-order valence-corrected chi connectivity index (χ3v) is 3.60. The molecular weight excluding hydrogens is 266 g/mol. The van der Waals surface area contributed by atoms with Crippen LogP contribution in [0.2, 0.25) is 0 Å². The number of hydrogen-bond acceptors (Lipinski definition) is 5. The number of hydrogen-bond donors (Lipinski definition) is 1. The van der Waals surface area contributed by atoms with Gasteiger partial charge in [0.1, 0.15) is 0 Å². The first kappa shape index (κ1) is 15.9. The number of aliphatic hydroxyl groups excluding tert-OH is 1. The molecule has 1 rings (SSSR count). The Bertz CT molecular complexity index is 383. The zero-order valence-electron chi connectivity index (χ0n) is 10.9. The van der Waals surface area contributed by atoms with Gasteiger partial charge >= 0.3 is 0 Å². The fraction of sp³-hybridized carbons (Fsp3) is 0.538. The fourth-order valence-corrected chi connectivity index (χ4v) is 2.18. The lowest BCUT2D eigenvalue weighted by molar-refractivity contribution is -0.384. The van der Waals surface area contributed by atoms with E-state index in [0.717, 1.165) is 17.7 Å². The van der Waals surface area contributed by atoms with E-state index in [2.05, 4.69) is 6.92 Å². The van der Waals surface area contributed by atoms with Crippen LogP contribution in [0.3, 0.4) is 0 Å². The minimum absolute atomic E-state index is 0.0767. The van der Waals surface area contributed by atoms with E-state index in [4.69, 9.17) is 4.74 Å². The molecule has 6 heteroatoms. The Kier molecular flexibility index (Phi) is 7.47. The van der Waals surface area contributed by atoms with Crippen LogP contribution in [0.4, 0.5) is 5.69 Å². The number of unbranched alkanes of at least 4 members (excludes halogenated alkanes) is 1. The van der Waals surface area contributed by atoms with E-state index < -0.39 is 11.0 Å². The van der Waals surface area contributed by atoms with Gasteiger partial charge in [-0.1, -0.05) is 13.3 Å². The van der Waals surface area contributed by atoms with Crippen LogP contribution in [-0.2, 0) is 4.74 Å². The fourth-order valence-electron chi connectivity index (χ4n) is 1.37. The van der Waals surface area contributed by atoms with Crippen LogP contribution in [0.15, 0.2) is 29.2 Å². The molecule has 0 aromatic heterocycles. The van der Waals surface area contributed by atoms with Crippen molar-refractivity contribution in [2.75, 3.05) is 19.0 Å². The van der Waals surface area contributed by atoms with Crippen LogP contribution in [0.1, 0.15) is 19.8 Å². The summed E-state index contributed by atoms with van der Waals surface area (Å²) < 4.78 is 5.32. The van der Waals surface area contributed by atoms with Gasteiger partial charge in [0.15, 0.2) is 0 Å². The maximum Gasteiger partial charge on any atom is 0.269 e. The van der Waals surface area contributed by atoms with E-state index in [1.54, 1.807) is 12.1 Å². The number of nitrogens with zero attached hydrogens (tertiary/aromatic N) is 1. The molecule has 0 aliphatic rings. The average molecular weight is 285 g/mol. The van der Waals surface area contributed by atoms with Crippen LogP contribution < -0.4 is 0 Å². The molecule has 0 heterocycles. The first-order chi connectivity index (χ1) is 9.13. The standard InChI is InChI=1S/C13H19NO4S/c1-2-3-8-18-9-12(15)10-19-13-6-4-11(5-7-13)14(16)17/h4-7,12,15H,2-3,8-10H2,1H3. The first-order valence-electron chi connectivity index (χ1n) is 6.26. The molecule has 0 fully saturated rings. The van der Waals surface area contributed by atoms with Gasteiger partial charge in [-0.05, 0) is 18.6 Å². The van der Waals surface area contributed by atoms with Gasteiger partial charge in [0, 0.05) is 29.4 Å². The van der Waals surface area contributed by atoms with E-state index in [0.29, 0.717) is 19.0 Å². The smallest absolute Gasteiger partial charge is 0.269 e. The van der Waals surface area contributed by atoms with Crippen LogP contribution in [0.5, 0.6) is 0 Å². The van der Waals surface area contributed by atoms with Gasteiger partial charge < -0.3 is 9.84 Å². The summed E-state index contributed by atoms with van der Waals surface area (Å²) in [5.74, 6) is 0.518. The number of nitro groups is 1. The van der Waals surface area contributed by atoms with Gasteiger partial charge in [0.05, 0.1) is 17.6 Å². The third-order valence-electron chi connectivity index (χ3n) is 2.44. The van der Waals surface area contributed by atoms with E-state index in [1.165, 1.54) is 23.9 Å². The van der Waals surface area contributed by atoms with Crippen molar-refractivity contribution < 1.29 is 14.8 Å². The van der Waals surface area contributed by atoms with Crippen molar-refractivity contribution >= 4 is 17.4 Å². The molecule has 0 saturated heterocycles. The number of aliphatic hydroxyl groups is 1. The van der Waals surface area contributed by atoms with Gasteiger partial charge in [0.25, 0.3) is 5.69 Å². The predicted molar refractivity (Wildman–Crippen MR) is 75.6 cm³/mol. The number of ether oxygens (including phenoxy) is 1. The Labute approximate surface area is 117 Å². The summed E-state index contributed by atoms with van der Waals surface area (Å²) in [6.07, 6.45) is 1.56. The molecule has 1 aromatic rings. The third kappa shape index (κ3) is 6.56. The topological polar surface area (TPSA) is 72.6 Å². The van der Waals surface area contributed by atoms with Gasteiger partial charge in [-0.3, -0.25) is 10.1 Å². The summed E-state index contributed by atoms with van der Waals surface area (Å²) in [7, 11) is 0. The molecule has 106 valence electrons. The molecule has 19 heavy (non-hydrogen) atoms. The van der Waals surface area contributed by atoms with Crippen molar-refractivity contribution in [1.82, 2.24) is 0 Å². The Morgan fingerprint density at radius 3 is 2.68 bits per heavy atom. The molecule has 0 spiro atoms. The van der Waals surface area contributed by atoms with Crippen LogP contribution in [0, 0.1) is 10.1 Å². The number of thioether (sulfide) groups is 1. The Balaban J connectivity index is 2.25. The Morgan fingerprint density at radius 2 is 2.11 bits per heavy atom. The van der Waals surface area contributed by atoms with Crippen LogP contribution in [0.25, 0.3) is 0 Å². The minimum Gasteiger partial charge on any atom is -0.390 e. The van der Waals surface area contributed by atoms with Gasteiger partial charge in [-0.2, -0.15) is 0 Å². The van der Waals surface area contributed by atoms with Crippen molar-refractivity contribution in [2.24, 2.45) is 0 Å². The molecular formula is C13H19NO4S. The summed E-state index contributed by atoms with van der Waals surface area (Å²) in [5, 5.41) is 20.2. The molecule has 1 N–H and O–H groups in total. The highest BCUT2D eigenvalue weighted by molar-refractivity contribution is 7.99. The summed E-state index contributed by atoms with van der Waals surface area (Å²) in [6, 6.07) is 6.31. The Morgan fingerprint density at radius 1 is 1.42 bits per heavy atom. The quantitative estimate of drug-likeness (QED) is 0.327. The molecule has 0 bridgehead atoms. The second-order valence-corrected chi connectivity index (χ2v) is 5.24. The normalized spacial score (nSPS) is 12.3. The van der Waals surface area contributed by atoms with E-state index >= 15 is 0 Å². The highest BCUT2D eigenvalue weighted by Gasteiger charge is 2.07. The van der Waals surface area contributed by atoms with Crippen LogP contribution in [-0.4, -0.2) is 35.1 Å². The molecule has 0 radical (unpaired) electrons. The second-order valence-electron chi connectivity index (χ2n) is 4.14.